The van der Waals surface area contributed by atoms with Gasteiger partial charge in [-0.15, -0.1) is 0 Å². The Morgan fingerprint density at radius 1 is 0.500 bits per heavy atom. The normalized spacial score (nSPS) is 13.8. The second-order valence-corrected chi connectivity index (χ2v) is 19.6. The van der Waals surface area contributed by atoms with Crippen molar-refractivity contribution in [3.05, 3.63) is 48.6 Å². The summed E-state index contributed by atoms with van der Waals surface area (Å²) in [6.07, 6.45) is 52.8. The Labute approximate surface area is 382 Å². The lowest BCUT2D eigenvalue weighted by Gasteiger charge is -2.28. The average Bonchev–Trinajstić information content (AvgIpc) is 3.23. The van der Waals surface area contributed by atoms with Gasteiger partial charge in [0.1, 0.15) is 19.8 Å². The first-order valence-electron chi connectivity index (χ1n) is 25.3. The largest absolute Gasteiger partial charge is 0.756 e. The van der Waals surface area contributed by atoms with E-state index in [1.165, 1.54) is 122 Å². The van der Waals surface area contributed by atoms with Gasteiger partial charge in [-0.25, -0.2) is 0 Å². The molecule has 0 radical (unpaired) electrons. The van der Waals surface area contributed by atoms with Crippen LogP contribution in [0.1, 0.15) is 219 Å². The molecule has 0 aliphatic rings. The molecule has 62 heavy (non-hydrogen) atoms. The Balaban J connectivity index is 4.31. The van der Waals surface area contributed by atoms with E-state index in [2.05, 4.69) is 62.5 Å². The summed E-state index contributed by atoms with van der Waals surface area (Å²) >= 11 is 0. The first-order valence-corrected chi connectivity index (χ1v) is 26.8. The topological polar surface area (TPSA) is 111 Å². The fourth-order valence-corrected chi connectivity index (χ4v) is 7.60. The van der Waals surface area contributed by atoms with Crippen molar-refractivity contribution in [3.63, 3.8) is 0 Å². The maximum atomic E-state index is 12.7. The van der Waals surface area contributed by atoms with Gasteiger partial charge in [-0.3, -0.25) is 14.2 Å². The zero-order valence-electron chi connectivity index (χ0n) is 40.8. The Morgan fingerprint density at radius 2 is 0.871 bits per heavy atom. The van der Waals surface area contributed by atoms with Gasteiger partial charge in [0, 0.05) is 12.8 Å². The minimum atomic E-state index is -4.64. The molecule has 0 fully saturated rings. The molecule has 0 rings (SSSR count). The number of carbonyl (C=O) groups is 2. The molecule has 0 spiro atoms. The van der Waals surface area contributed by atoms with E-state index in [1.54, 1.807) is 0 Å². The zero-order valence-corrected chi connectivity index (χ0v) is 41.7. The highest BCUT2D eigenvalue weighted by Crippen LogP contribution is 2.38. The van der Waals surface area contributed by atoms with Crippen molar-refractivity contribution in [2.75, 3.05) is 47.5 Å². The molecule has 2 atom stereocenters. The number of phosphoric acid groups is 1. The highest BCUT2D eigenvalue weighted by Gasteiger charge is 2.21. The van der Waals surface area contributed by atoms with Crippen molar-refractivity contribution >= 4 is 19.8 Å². The van der Waals surface area contributed by atoms with Crippen LogP contribution in [0.5, 0.6) is 0 Å². The van der Waals surface area contributed by atoms with Crippen molar-refractivity contribution in [2.45, 2.75) is 225 Å². The number of hydrogen-bond acceptors (Lipinski definition) is 8. The number of nitrogens with zero attached hydrogens (tertiary/aromatic N) is 1. The average molecular weight is 894 g/mol. The van der Waals surface area contributed by atoms with Crippen molar-refractivity contribution in [2.24, 2.45) is 0 Å². The van der Waals surface area contributed by atoms with Crippen LogP contribution in [0.4, 0.5) is 0 Å². The molecule has 362 valence electrons. The molecule has 0 saturated carbocycles. The number of likely N-dealkylation sites (N-methyl/N-ethyl adjacent to an activating group) is 1. The standard InChI is InChI=1S/C52H96NO8P/c1-6-8-10-12-14-16-18-20-22-24-26-28-30-32-34-36-38-40-42-44-51(54)58-48-50(49-60-62(56,57)59-47-46-53(3,4)5)61-52(55)45-43-41-39-37-35-33-31-29-27-25-23-21-19-17-15-13-11-9-7-2/h14,16,20,22,26,28,32,34,50H,6-13,15,17-19,21,23-25,27,29-31,33,35-49H2,1-5H3/b16-14+,22-20+,28-26+,34-32+/t50-/m1/s1. The van der Waals surface area contributed by atoms with Gasteiger partial charge in [-0.2, -0.15) is 0 Å². The van der Waals surface area contributed by atoms with Crippen LogP contribution in [0.15, 0.2) is 48.6 Å². The predicted octanol–water partition coefficient (Wildman–Crippen LogP) is 14.4. The molecule has 0 aliphatic carbocycles. The first kappa shape index (κ1) is 60.0. The predicted molar refractivity (Wildman–Crippen MR) is 259 cm³/mol. The van der Waals surface area contributed by atoms with Crippen molar-refractivity contribution in [1.29, 1.82) is 0 Å². The van der Waals surface area contributed by atoms with Gasteiger partial charge < -0.3 is 27.9 Å². The highest BCUT2D eigenvalue weighted by molar-refractivity contribution is 7.45. The molecule has 0 N–H and O–H groups in total. The fraction of sp³-hybridized carbons (Fsp3) is 0.808. The number of hydrogen-bond donors (Lipinski definition) is 0. The minimum absolute atomic E-state index is 0.0362. The van der Waals surface area contributed by atoms with Crippen LogP contribution in [0, 0.1) is 0 Å². The van der Waals surface area contributed by atoms with Crippen LogP contribution in [0.25, 0.3) is 0 Å². The first-order chi connectivity index (χ1) is 30.0. The molecular weight excluding hydrogens is 798 g/mol. The maximum absolute atomic E-state index is 12.7. The Bertz CT molecular complexity index is 1190. The van der Waals surface area contributed by atoms with E-state index in [4.69, 9.17) is 18.5 Å². The lowest BCUT2D eigenvalue weighted by atomic mass is 10.0. The zero-order chi connectivity index (χ0) is 45.7. The third-order valence-electron chi connectivity index (χ3n) is 10.9. The van der Waals surface area contributed by atoms with Crippen LogP contribution < -0.4 is 4.89 Å². The molecular formula is C52H96NO8P. The number of rotatable bonds is 46. The lowest BCUT2D eigenvalue weighted by molar-refractivity contribution is -0.870. The van der Waals surface area contributed by atoms with Crippen LogP contribution in [-0.4, -0.2) is 70.0 Å². The van der Waals surface area contributed by atoms with E-state index in [0.717, 1.165) is 57.8 Å². The number of unbranched alkanes of at least 4 members (excludes halogenated alkanes) is 24. The number of quaternary nitrogens is 1. The third kappa shape index (κ3) is 47.4. The summed E-state index contributed by atoms with van der Waals surface area (Å²) in [7, 11) is 1.15. The maximum Gasteiger partial charge on any atom is 0.306 e. The van der Waals surface area contributed by atoms with Gasteiger partial charge in [0.15, 0.2) is 6.10 Å². The summed E-state index contributed by atoms with van der Waals surface area (Å²) < 4.78 is 34.0. The Kier molecular flexibility index (Phi) is 42.7. The van der Waals surface area contributed by atoms with Gasteiger partial charge in [0.2, 0.25) is 0 Å². The monoisotopic (exact) mass is 894 g/mol. The Hall–Kier alpha value is -2.03. The Morgan fingerprint density at radius 3 is 1.32 bits per heavy atom. The van der Waals surface area contributed by atoms with Crippen molar-refractivity contribution in [3.8, 4) is 0 Å². The summed E-state index contributed by atoms with van der Waals surface area (Å²) in [4.78, 5) is 37.7. The fourth-order valence-electron chi connectivity index (χ4n) is 6.87. The second-order valence-electron chi connectivity index (χ2n) is 18.2. The summed E-state index contributed by atoms with van der Waals surface area (Å²) in [5, 5.41) is 0. The summed E-state index contributed by atoms with van der Waals surface area (Å²) in [5.74, 6) is -0.864. The van der Waals surface area contributed by atoms with Gasteiger partial charge >= 0.3 is 11.9 Å². The summed E-state index contributed by atoms with van der Waals surface area (Å²) in [6.45, 7) is 4.19. The molecule has 0 saturated heterocycles. The van der Waals surface area contributed by atoms with Crippen LogP contribution in [0.3, 0.4) is 0 Å². The molecule has 0 aliphatic heterocycles. The number of allylic oxidation sites excluding steroid dienone is 8. The molecule has 0 bridgehead atoms. The smallest absolute Gasteiger partial charge is 0.306 e. The molecule has 0 aromatic heterocycles. The van der Waals surface area contributed by atoms with Crippen LogP contribution in [-0.2, 0) is 32.7 Å². The van der Waals surface area contributed by atoms with Crippen LogP contribution in [0.2, 0.25) is 0 Å². The second kappa shape index (κ2) is 44.2. The van der Waals surface area contributed by atoms with Gasteiger partial charge in [-0.1, -0.05) is 197 Å². The number of esters is 2. The minimum Gasteiger partial charge on any atom is -0.756 e. The quantitative estimate of drug-likeness (QED) is 0.0195. The van der Waals surface area contributed by atoms with E-state index in [0.29, 0.717) is 23.9 Å². The van der Waals surface area contributed by atoms with E-state index >= 15 is 0 Å². The molecule has 0 heterocycles. The van der Waals surface area contributed by atoms with E-state index in [-0.39, 0.29) is 26.1 Å². The lowest BCUT2D eigenvalue weighted by Crippen LogP contribution is -2.37. The van der Waals surface area contributed by atoms with E-state index in [9.17, 15) is 19.0 Å². The molecule has 10 heteroatoms. The SMILES string of the molecule is CCCCC/C=C/C/C=C/C/C=C/C/C=C/CCCCCC(=O)OC[C@H](COP(=O)([O-])OCC[N+](C)(C)C)OC(=O)CCCCCCCCCCCCCCCCCCCCC. The molecule has 1 unspecified atom stereocenters. The summed E-state index contributed by atoms with van der Waals surface area (Å²) in [6, 6.07) is 0. The molecule has 0 amide bonds. The van der Waals surface area contributed by atoms with Crippen LogP contribution >= 0.6 is 7.82 Å². The van der Waals surface area contributed by atoms with Gasteiger partial charge in [-0.05, 0) is 57.8 Å². The van der Waals surface area contributed by atoms with Crippen molar-refractivity contribution in [1.82, 2.24) is 0 Å². The molecule has 0 aromatic rings. The number of carbonyl (C=O) groups excluding carboxylic acids is 2. The number of phosphoric ester groups is 1. The van der Waals surface area contributed by atoms with Gasteiger partial charge in [0.25, 0.3) is 7.82 Å². The van der Waals surface area contributed by atoms with Crippen molar-refractivity contribution < 1.29 is 42.1 Å². The third-order valence-corrected chi connectivity index (χ3v) is 11.8. The summed E-state index contributed by atoms with van der Waals surface area (Å²) in [5.41, 5.74) is 0. The highest BCUT2D eigenvalue weighted by atomic mass is 31.2. The van der Waals surface area contributed by atoms with Gasteiger partial charge in [0.05, 0.1) is 27.7 Å². The molecule has 0 aromatic carbocycles. The number of ether oxygens (including phenoxy) is 2. The molecule has 9 nitrogen and oxygen atoms in total. The van der Waals surface area contributed by atoms with E-state index < -0.39 is 32.5 Å². The van der Waals surface area contributed by atoms with E-state index in [1.807, 2.05) is 21.1 Å².